The molecule has 0 aromatic heterocycles. The average molecular weight is 400 g/mol. The van der Waals surface area contributed by atoms with Crippen molar-refractivity contribution in [2.45, 2.75) is 38.3 Å². The minimum Gasteiger partial charge on any atom is -0.496 e. The topological polar surface area (TPSA) is 137 Å². The summed E-state index contributed by atoms with van der Waals surface area (Å²) < 4.78 is 5.35. The van der Waals surface area contributed by atoms with Gasteiger partial charge in [0.25, 0.3) is 5.91 Å². The minimum atomic E-state index is -0.908. The number of rotatable bonds is 9. The predicted octanol–water partition coefficient (Wildman–Crippen LogP) is 1.07. The molecule has 0 saturated heterocycles. The summed E-state index contributed by atoms with van der Waals surface area (Å²) in [4.78, 5) is 36.9. The van der Waals surface area contributed by atoms with Crippen molar-refractivity contribution in [1.82, 2.24) is 10.6 Å². The maximum absolute atomic E-state index is 12.5. The molecule has 6 N–H and O–H groups in total. The molecule has 0 aliphatic carbocycles. The van der Waals surface area contributed by atoms with Crippen LogP contribution in [0.5, 0.6) is 5.75 Å². The third kappa shape index (κ3) is 6.00. The first kappa shape index (κ1) is 22.3. The van der Waals surface area contributed by atoms with Crippen molar-refractivity contribution in [3.8, 4) is 5.75 Å². The zero-order valence-electron chi connectivity index (χ0n) is 16.7. The Kier molecular flexibility index (Phi) is 8.11. The number of nitrogens with one attached hydrogen (secondary N) is 2. The van der Waals surface area contributed by atoms with E-state index in [9.17, 15) is 14.4 Å². The van der Waals surface area contributed by atoms with E-state index < -0.39 is 29.8 Å². The number of ether oxygens (including phenoxy) is 1. The summed E-state index contributed by atoms with van der Waals surface area (Å²) in [5, 5.41) is 6.51. The van der Waals surface area contributed by atoms with Crippen LogP contribution in [-0.2, 0) is 9.59 Å². The zero-order chi connectivity index (χ0) is 21.4. The third-order valence-electron chi connectivity index (χ3n) is 4.60. The van der Waals surface area contributed by atoms with Crippen molar-refractivity contribution in [2.24, 2.45) is 11.5 Å². The van der Waals surface area contributed by atoms with Gasteiger partial charge in [0.05, 0.1) is 13.2 Å². The van der Waals surface area contributed by atoms with E-state index >= 15 is 0 Å². The number of carbonyl (C=O) groups is 3. The monoisotopic (exact) mass is 400 g/mol. The molecule has 2 aromatic rings. The number of methoxy groups -OCH3 is 1. The summed E-state index contributed by atoms with van der Waals surface area (Å²) in [5.41, 5.74) is 11.5. The van der Waals surface area contributed by atoms with Crippen LogP contribution >= 0.6 is 0 Å². The fraction of sp³-hybridized carbons (Fsp3) is 0.381. The Morgan fingerprint density at radius 1 is 1.10 bits per heavy atom. The molecule has 8 nitrogen and oxygen atoms in total. The van der Waals surface area contributed by atoms with Gasteiger partial charge < -0.3 is 21.5 Å². The van der Waals surface area contributed by atoms with Gasteiger partial charge in [-0.15, -0.1) is 0 Å². The molecule has 0 aliphatic heterocycles. The van der Waals surface area contributed by atoms with E-state index in [0.717, 1.165) is 23.6 Å². The number of amides is 3. The van der Waals surface area contributed by atoms with Gasteiger partial charge in [0.15, 0.2) is 0 Å². The van der Waals surface area contributed by atoms with Gasteiger partial charge in [0.2, 0.25) is 11.8 Å². The lowest BCUT2D eigenvalue weighted by atomic mass is 10.1. The number of nitrogens with two attached hydrogens (primary N) is 2. The fourth-order valence-corrected chi connectivity index (χ4v) is 2.89. The van der Waals surface area contributed by atoms with Crippen LogP contribution in [0.25, 0.3) is 10.8 Å². The summed E-state index contributed by atoms with van der Waals surface area (Å²) in [7, 11) is 1.52. The molecule has 2 unspecified atom stereocenters. The smallest absolute Gasteiger partial charge is 0.258 e. The molecule has 0 radical (unpaired) electrons. The second kappa shape index (κ2) is 10.5. The summed E-state index contributed by atoms with van der Waals surface area (Å²) in [6, 6.07) is 9.08. The van der Waals surface area contributed by atoms with E-state index in [1.807, 2.05) is 24.3 Å². The van der Waals surface area contributed by atoms with Crippen LogP contribution in [0.15, 0.2) is 36.4 Å². The van der Waals surface area contributed by atoms with Crippen LogP contribution in [0.2, 0.25) is 0 Å². The van der Waals surface area contributed by atoms with Crippen molar-refractivity contribution >= 4 is 28.5 Å². The lowest BCUT2D eigenvalue weighted by Crippen LogP contribution is -2.51. The summed E-state index contributed by atoms with van der Waals surface area (Å²) >= 11 is 0. The molecule has 0 aliphatic rings. The number of imide groups is 1. The third-order valence-corrected chi connectivity index (χ3v) is 4.60. The number of carbonyl (C=O) groups excluding carboxylic acids is 3. The summed E-state index contributed by atoms with van der Waals surface area (Å²) in [6.07, 6.45) is 1.99. The number of fused-ring (bicyclic) bond motifs is 1. The Morgan fingerprint density at radius 3 is 2.52 bits per heavy atom. The standard InChI is InChI=1S/C21H28N4O4/c1-13(24-21(28)17(23)9-5-6-10-22)19(26)25-20(27)15-11-14-7-3-4-8-16(14)18(12-15)29-2/h3-4,7-8,11-13,17H,5-6,9-10,22-23H2,1-2H3,(H,24,28)(H,25,26,27). The van der Waals surface area contributed by atoms with Crippen LogP contribution in [-0.4, -0.2) is 43.5 Å². The van der Waals surface area contributed by atoms with Crippen molar-refractivity contribution < 1.29 is 19.1 Å². The largest absolute Gasteiger partial charge is 0.496 e. The highest BCUT2D eigenvalue weighted by Crippen LogP contribution is 2.27. The highest BCUT2D eigenvalue weighted by Gasteiger charge is 2.22. The van der Waals surface area contributed by atoms with Crippen molar-refractivity contribution in [3.63, 3.8) is 0 Å². The van der Waals surface area contributed by atoms with Crippen LogP contribution < -0.4 is 26.8 Å². The predicted molar refractivity (Wildman–Crippen MR) is 111 cm³/mol. The van der Waals surface area contributed by atoms with Crippen molar-refractivity contribution in [1.29, 1.82) is 0 Å². The molecule has 2 rings (SSSR count). The second-order valence-electron chi connectivity index (χ2n) is 6.84. The molecular formula is C21H28N4O4. The Morgan fingerprint density at radius 2 is 1.83 bits per heavy atom. The van der Waals surface area contributed by atoms with E-state index in [2.05, 4.69) is 10.6 Å². The molecule has 2 aromatic carbocycles. The molecule has 2 atom stereocenters. The van der Waals surface area contributed by atoms with Crippen LogP contribution in [0.3, 0.4) is 0 Å². The van der Waals surface area contributed by atoms with E-state index in [-0.39, 0.29) is 5.56 Å². The SMILES string of the molecule is COc1cc(C(=O)NC(=O)C(C)NC(=O)C(N)CCCCN)cc2ccccc12. The Bertz CT molecular complexity index is 884. The van der Waals surface area contributed by atoms with Gasteiger partial charge in [0, 0.05) is 10.9 Å². The zero-order valence-corrected chi connectivity index (χ0v) is 16.7. The lowest BCUT2D eigenvalue weighted by Gasteiger charge is -2.17. The van der Waals surface area contributed by atoms with Gasteiger partial charge in [-0.3, -0.25) is 19.7 Å². The van der Waals surface area contributed by atoms with Gasteiger partial charge >= 0.3 is 0 Å². The minimum absolute atomic E-state index is 0.283. The Labute approximate surface area is 170 Å². The lowest BCUT2D eigenvalue weighted by molar-refractivity contribution is -0.128. The second-order valence-corrected chi connectivity index (χ2v) is 6.84. The molecule has 0 spiro atoms. The van der Waals surface area contributed by atoms with Crippen LogP contribution in [0.1, 0.15) is 36.5 Å². The number of benzene rings is 2. The first-order chi connectivity index (χ1) is 13.9. The first-order valence-electron chi connectivity index (χ1n) is 9.55. The van der Waals surface area contributed by atoms with Gasteiger partial charge in [-0.05, 0) is 43.8 Å². The fourth-order valence-electron chi connectivity index (χ4n) is 2.89. The van der Waals surface area contributed by atoms with Gasteiger partial charge in [0.1, 0.15) is 11.8 Å². The number of unbranched alkanes of at least 4 members (excludes halogenated alkanes) is 1. The van der Waals surface area contributed by atoms with E-state index in [4.69, 9.17) is 16.2 Å². The molecule has 29 heavy (non-hydrogen) atoms. The van der Waals surface area contributed by atoms with Crippen LogP contribution in [0.4, 0.5) is 0 Å². The summed E-state index contributed by atoms with van der Waals surface area (Å²) in [6.45, 7) is 2.03. The van der Waals surface area contributed by atoms with Crippen molar-refractivity contribution in [2.75, 3.05) is 13.7 Å². The Hall–Kier alpha value is -2.97. The number of hydrogen-bond donors (Lipinski definition) is 4. The molecule has 0 bridgehead atoms. The molecule has 8 heteroatoms. The summed E-state index contributed by atoms with van der Waals surface area (Å²) in [5.74, 6) is -1.10. The molecule has 0 heterocycles. The molecule has 3 amide bonds. The Balaban J connectivity index is 2.00. The highest BCUT2D eigenvalue weighted by atomic mass is 16.5. The first-order valence-corrected chi connectivity index (χ1v) is 9.55. The van der Waals surface area contributed by atoms with Gasteiger partial charge in [-0.2, -0.15) is 0 Å². The van der Waals surface area contributed by atoms with Gasteiger partial charge in [-0.1, -0.05) is 30.7 Å². The van der Waals surface area contributed by atoms with Gasteiger partial charge in [-0.25, -0.2) is 0 Å². The maximum atomic E-state index is 12.5. The van der Waals surface area contributed by atoms with E-state index in [1.165, 1.54) is 14.0 Å². The van der Waals surface area contributed by atoms with Crippen molar-refractivity contribution in [3.05, 3.63) is 42.0 Å². The van der Waals surface area contributed by atoms with E-state index in [0.29, 0.717) is 18.7 Å². The molecular weight excluding hydrogens is 372 g/mol. The maximum Gasteiger partial charge on any atom is 0.258 e. The molecule has 156 valence electrons. The molecule has 0 fully saturated rings. The number of hydrogen-bond acceptors (Lipinski definition) is 6. The van der Waals surface area contributed by atoms with E-state index in [1.54, 1.807) is 12.1 Å². The molecule has 0 saturated carbocycles. The quantitative estimate of drug-likeness (QED) is 0.465. The van der Waals surface area contributed by atoms with Crippen LogP contribution in [0, 0.1) is 0 Å². The average Bonchev–Trinajstić information content (AvgIpc) is 2.72. The highest BCUT2D eigenvalue weighted by molar-refractivity contribution is 6.09. The normalized spacial score (nSPS) is 12.8.